The number of allylic oxidation sites excluding steroid dienone is 4. The maximum atomic E-state index is 6.59. The summed E-state index contributed by atoms with van der Waals surface area (Å²) in [5.41, 5.74) is 9.32. The van der Waals surface area contributed by atoms with Crippen LogP contribution >= 0.6 is 0 Å². The summed E-state index contributed by atoms with van der Waals surface area (Å²) in [5, 5.41) is 2.49. The van der Waals surface area contributed by atoms with Crippen LogP contribution in [0.2, 0.25) is 0 Å². The number of fused-ring (bicyclic) bond motifs is 3. The molecule has 0 bridgehead atoms. The van der Waals surface area contributed by atoms with Gasteiger partial charge in [-0.05, 0) is 94.8 Å². The van der Waals surface area contributed by atoms with Crippen molar-refractivity contribution in [1.82, 2.24) is 4.57 Å². The van der Waals surface area contributed by atoms with Crippen molar-refractivity contribution in [2.45, 2.75) is 65.6 Å². The number of para-hydroxylation sites is 2. The lowest BCUT2D eigenvalue weighted by molar-refractivity contribution is 0.00578. The lowest BCUT2D eigenvalue weighted by Crippen LogP contribution is -2.41. The van der Waals surface area contributed by atoms with Gasteiger partial charge in [-0.2, -0.15) is 0 Å². The predicted molar refractivity (Wildman–Crippen MR) is 152 cm³/mol. The molecule has 3 nitrogen and oxygen atoms in total. The van der Waals surface area contributed by atoms with Gasteiger partial charge >= 0.3 is 7.12 Å². The third-order valence-electron chi connectivity index (χ3n) is 8.49. The van der Waals surface area contributed by atoms with Gasteiger partial charge < -0.3 is 13.9 Å². The highest BCUT2D eigenvalue weighted by atomic mass is 16.7. The molecule has 36 heavy (non-hydrogen) atoms. The number of hydrogen-bond acceptors (Lipinski definition) is 2. The molecule has 4 aromatic rings. The number of aromatic nitrogens is 1. The van der Waals surface area contributed by atoms with E-state index in [0.717, 1.165) is 18.3 Å². The van der Waals surface area contributed by atoms with Crippen molar-refractivity contribution in [3.05, 3.63) is 89.5 Å². The Balaban J connectivity index is 1.75. The van der Waals surface area contributed by atoms with E-state index in [1.807, 2.05) is 0 Å². The molecule has 182 valence electrons. The highest BCUT2D eigenvalue weighted by Crippen LogP contribution is 2.42. The van der Waals surface area contributed by atoms with Gasteiger partial charge in [0.05, 0.1) is 22.2 Å². The molecule has 6 rings (SSSR count). The second kappa shape index (κ2) is 8.23. The van der Waals surface area contributed by atoms with E-state index >= 15 is 0 Å². The largest absolute Gasteiger partial charge is 0.495 e. The molecule has 1 aromatic heterocycles. The monoisotopic (exact) mass is 475 g/mol. The van der Waals surface area contributed by atoms with E-state index in [1.165, 1.54) is 49.8 Å². The third-order valence-corrected chi connectivity index (χ3v) is 8.49. The molecule has 0 radical (unpaired) electrons. The van der Waals surface area contributed by atoms with Crippen molar-refractivity contribution >= 4 is 40.0 Å². The first-order chi connectivity index (χ1) is 17.2. The van der Waals surface area contributed by atoms with Crippen LogP contribution in [0.5, 0.6) is 0 Å². The average molecular weight is 475 g/mol. The zero-order valence-corrected chi connectivity index (χ0v) is 22.2. The maximum Gasteiger partial charge on any atom is 0.495 e. The van der Waals surface area contributed by atoms with E-state index in [9.17, 15) is 0 Å². The van der Waals surface area contributed by atoms with Gasteiger partial charge in [0.15, 0.2) is 0 Å². The number of benzene rings is 3. The topological polar surface area (TPSA) is 23.4 Å². The van der Waals surface area contributed by atoms with Crippen molar-refractivity contribution in [3.63, 3.8) is 0 Å². The van der Waals surface area contributed by atoms with Crippen LogP contribution in [-0.2, 0) is 9.31 Å². The van der Waals surface area contributed by atoms with E-state index in [4.69, 9.17) is 9.31 Å². The first-order valence-corrected chi connectivity index (χ1v) is 13.0. The summed E-state index contributed by atoms with van der Waals surface area (Å²) in [6.45, 7) is 13.0. The third kappa shape index (κ3) is 3.42. The van der Waals surface area contributed by atoms with Crippen LogP contribution < -0.4 is 5.46 Å². The van der Waals surface area contributed by atoms with Gasteiger partial charge in [0.25, 0.3) is 0 Å². The fourth-order valence-corrected chi connectivity index (χ4v) is 5.78. The second-order valence-electron chi connectivity index (χ2n) is 11.2. The number of nitrogens with zero attached hydrogens (tertiary/aromatic N) is 1. The molecule has 1 aliphatic carbocycles. The van der Waals surface area contributed by atoms with Gasteiger partial charge in [-0.1, -0.05) is 54.6 Å². The van der Waals surface area contributed by atoms with E-state index in [1.54, 1.807) is 0 Å². The summed E-state index contributed by atoms with van der Waals surface area (Å²) < 4.78 is 15.6. The number of hydrogen-bond donors (Lipinski definition) is 0. The van der Waals surface area contributed by atoms with E-state index in [-0.39, 0.29) is 11.2 Å². The van der Waals surface area contributed by atoms with Crippen LogP contribution in [0.4, 0.5) is 0 Å². The van der Waals surface area contributed by atoms with Gasteiger partial charge in [0.1, 0.15) is 0 Å². The average Bonchev–Trinajstić information content (AvgIpc) is 3.29. The molecular formula is C32H34BNO2. The van der Waals surface area contributed by atoms with Crippen LogP contribution in [0.1, 0.15) is 58.6 Å². The van der Waals surface area contributed by atoms with E-state index < -0.39 is 7.12 Å². The molecular weight excluding hydrogens is 441 g/mol. The molecule has 0 unspecified atom stereocenters. The molecule has 2 aliphatic rings. The summed E-state index contributed by atoms with van der Waals surface area (Å²) in [6.07, 6.45) is 6.65. The smallest absolute Gasteiger partial charge is 0.399 e. The predicted octanol–water partition coefficient (Wildman–Crippen LogP) is 7.51. The first kappa shape index (κ1) is 23.3. The van der Waals surface area contributed by atoms with Gasteiger partial charge in [-0.15, -0.1) is 0 Å². The normalized spacial score (nSPS) is 19.1. The van der Waals surface area contributed by atoms with Crippen LogP contribution in [0.25, 0.3) is 33.1 Å². The van der Waals surface area contributed by atoms with Crippen molar-refractivity contribution in [2.75, 3.05) is 0 Å². The van der Waals surface area contributed by atoms with Crippen LogP contribution in [0.3, 0.4) is 0 Å². The van der Waals surface area contributed by atoms with Gasteiger partial charge in [0, 0.05) is 22.0 Å². The Morgan fingerprint density at radius 1 is 0.833 bits per heavy atom. The fourth-order valence-electron chi connectivity index (χ4n) is 5.78. The minimum atomic E-state index is -0.406. The summed E-state index contributed by atoms with van der Waals surface area (Å²) >= 11 is 0. The highest BCUT2D eigenvalue weighted by Gasteiger charge is 2.52. The maximum absolute atomic E-state index is 6.59. The standard InChI is InChI=1S/C32H34BNO2/c1-21-14-10-11-17-24(21)29-22(2)27(33-35-31(3,4)32(5,6)36-33)20-26-25-18-12-13-19-28(25)34(30(26)29)23-15-8-7-9-16-23/h7-10,12-16,18-20H,11,17H2,1-6H3. The van der Waals surface area contributed by atoms with E-state index in [2.05, 4.69) is 119 Å². The molecule has 2 heterocycles. The summed E-state index contributed by atoms with van der Waals surface area (Å²) in [6, 6.07) is 21.8. The van der Waals surface area contributed by atoms with E-state index in [0.29, 0.717) is 0 Å². The Kier molecular flexibility index (Phi) is 5.33. The van der Waals surface area contributed by atoms with Gasteiger partial charge in [-0.3, -0.25) is 0 Å². The first-order valence-electron chi connectivity index (χ1n) is 13.0. The Bertz CT molecular complexity index is 1540. The molecule has 3 aromatic carbocycles. The molecule has 1 fully saturated rings. The van der Waals surface area contributed by atoms with Crippen molar-refractivity contribution < 1.29 is 9.31 Å². The summed E-state index contributed by atoms with van der Waals surface area (Å²) in [5.74, 6) is 0. The van der Waals surface area contributed by atoms with Crippen LogP contribution in [0.15, 0.2) is 78.4 Å². The van der Waals surface area contributed by atoms with Crippen LogP contribution in [0, 0.1) is 6.92 Å². The minimum Gasteiger partial charge on any atom is -0.399 e. The van der Waals surface area contributed by atoms with Crippen molar-refractivity contribution in [2.24, 2.45) is 0 Å². The quantitative estimate of drug-likeness (QED) is 0.286. The SMILES string of the molecule is CC1=C(c2c(C)c(B3OC(C)(C)C(C)(C)O3)cc3c4ccccc4n(-c4ccccc4)c23)CCC=C1. The lowest BCUT2D eigenvalue weighted by atomic mass is 9.72. The molecule has 0 saturated carbocycles. The summed E-state index contributed by atoms with van der Waals surface area (Å²) in [7, 11) is -0.406. The lowest BCUT2D eigenvalue weighted by Gasteiger charge is -2.32. The number of rotatable bonds is 3. The Morgan fingerprint density at radius 3 is 2.19 bits per heavy atom. The molecule has 0 atom stereocenters. The Hall–Kier alpha value is -3.08. The molecule has 1 saturated heterocycles. The fraction of sp³-hybridized carbons (Fsp3) is 0.312. The Morgan fingerprint density at radius 2 is 1.50 bits per heavy atom. The minimum absolute atomic E-state index is 0.389. The van der Waals surface area contributed by atoms with Gasteiger partial charge in [0.2, 0.25) is 0 Å². The molecule has 0 N–H and O–H groups in total. The zero-order chi connectivity index (χ0) is 25.2. The molecule has 0 spiro atoms. The van der Waals surface area contributed by atoms with Gasteiger partial charge in [-0.25, -0.2) is 0 Å². The summed E-state index contributed by atoms with van der Waals surface area (Å²) in [4.78, 5) is 0. The Labute approximate surface area is 214 Å². The highest BCUT2D eigenvalue weighted by molar-refractivity contribution is 6.63. The van der Waals surface area contributed by atoms with Crippen molar-refractivity contribution in [3.8, 4) is 5.69 Å². The second-order valence-corrected chi connectivity index (χ2v) is 11.2. The van der Waals surface area contributed by atoms with Crippen LogP contribution in [-0.4, -0.2) is 22.9 Å². The van der Waals surface area contributed by atoms with Crippen molar-refractivity contribution in [1.29, 1.82) is 0 Å². The molecule has 0 amide bonds. The molecule has 4 heteroatoms. The zero-order valence-electron chi connectivity index (χ0n) is 22.2. The molecule has 1 aliphatic heterocycles.